The zero-order valence-electron chi connectivity index (χ0n) is 18.3. The van der Waals surface area contributed by atoms with Gasteiger partial charge in [-0.1, -0.05) is 35.9 Å². The van der Waals surface area contributed by atoms with Crippen LogP contribution in [-0.4, -0.2) is 24.3 Å². The number of carbonyl (C=O) groups excluding carboxylic acids is 1. The van der Waals surface area contributed by atoms with Gasteiger partial charge in [0, 0.05) is 5.70 Å². The van der Waals surface area contributed by atoms with Gasteiger partial charge in [0.15, 0.2) is 16.6 Å². The topological polar surface area (TPSA) is 68.8 Å². The number of nitrogens with one attached hydrogen (secondary N) is 2. The number of benzene rings is 2. The van der Waals surface area contributed by atoms with Gasteiger partial charge in [0.25, 0.3) is 0 Å². The highest BCUT2D eigenvalue weighted by Gasteiger charge is 2.31. The Morgan fingerprint density at radius 2 is 1.74 bits per heavy atom. The van der Waals surface area contributed by atoms with Crippen molar-refractivity contribution in [2.24, 2.45) is 0 Å². The molecule has 2 aromatic carbocycles. The van der Waals surface area contributed by atoms with E-state index in [4.69, 9.17) is 26.4 Å². The average Bonchev–Trinajstić information content (AvgIpc) is 2.73. The van der Waals surface area contributed by atoms with E-state index in [1.54, 1.807) is 6.92 Å². The van der Waals surface area contributed by atoms with Gasteiger partial charge in [0.1, 0.15) is 6.61 Å². The molecule has 0 saturated heterocycles. The highest BCUT2D eigenvalue weighted by molar-refractivity contribution is 7.80. The maximum Gasteiger partial charge on any atom is 0.338 e. The van der Waals surface area contributed by atoms with Crippen LogP contribution in [-0.2, 0) is 16.1 Å². The molecular formula is C24H28N2O4S. The summed E-state index contributed by atoms with van der Waals surface area (Å²) in [5.74, 6) is 0.866. The second-order valence-corrected chi connectivity index (χ2v) is 7.61. The van der Waals surface area contributed by atoms with E-state index < -0.39 is 6.04 Å². The number of ether oxygens (including phenoxy) is 3. The fourth-order valence-electron chi connectivity index (χ4n) is 3.36. The maximum atomic E-state index is 12.6. The van der Waals surface area contributed by atoms with Gasteiger partial charge in [-0.25, -0.2) is 4.79 Å². The molecule has 1 aliphatic heterocycles. The van der Waals surface area contributed by atoms with Crippen LogP contribution in [0.3, 0.4) is 0 Å². The van der Waals surface area contributed by atoms with Crippen LogP contribution in [0, 0.1) is 6.92 Å². The summed E-state index contributed by atoms with van der Waals surface area (Å²) in [5.41, 5.74) is 4.27. The van der Waals surface area contributed by atoms with E-state index >= 15 is 0 Å². The number of esters is 1. The van der Waals surface area contributed by atoms with Gasteiger partial charge in [-0.2, -0.15) is 0 Å². The lowest BCUT2D eigenvalue weighted by molar-refractivity contribution is -0.139. The van der Waals surface area contributed by atoms with E-state index in [2.05, 4.69) is 29.7 Å². The molecule has 0 bridgehead atoms. The van der Waals surface area contributed by atoms with Crippen LogP contribution in [0.5, 0.6) is 11.5 Å². The Morgan fingerprint density at radius 3 is 2.42 bits per heavy atom. The van der Waals surface area contributed by atoms with Crippen LogP contribution in [0.25, 0.3) is 0 Å². The molecule has 0 fully saturated rings. The number of aryl methyl sites for hydroxylation is 1. The fourth-order valence-corrected chi connectivity index (χ4v) is 3.63. The molecule has 2 aromatic rings. The normalized spacial score (nSPS) is 15.7. The van der Waals surface area contributed by atoms with Crippen LogP contribution in [0.4, 0.5) is 0 Å². The van der Waals surface area contributed by atoms with Crippen molar-refractivity contribution in [2.45, 2.75) is 40.3 Å². The first-order chi connectivity index (χ1) is 14.9. The first-order valence-corrected chi connectivity index (χ1v) is 10.7. The van der Waals surface area contributed by atoms with Crippen molar-refractivity contribution in [2.75, 3.05) is 13.2 Å². The number of rotatable bonds is 8. The highest BCUT2D eigenvalue weighted by Crippen LogP contribution is 2.35. The third kappa shape index (κ3) is 5.55. The Kier molecular flexibility index (Phi) is 7.52. The summed E-state index contributed by atoms with van der Waals surface area (Å²) < 4.78 is 17.1. The van der Waals surface area contributed by atoms with Gasteiger partial charge in [-0.3, -0.25) is 0 Å². The van der Waals surface area contributed by atoms with E-state index in [-0.39, 0.29) is 5.97 Å². The summed E-state index contributed by atoms with van der Waals surface area (Å²) in [6.07, 6.45) is 0. The molecule has 0 aliphatic carbocycles. The second kappa shape index (κ2) is 10.3. The molecule has 0 spiro atoms. The molecule has 7 heteroatoms. The van der Waals surface area contributed by atoms with Crippen molar-refractivity contribution in [1.29, 1.82) is 0 Å². The van der Waals surface area contributed by atoms with Gasteiger partial charge in [0.2, 0.25) is 0 Å². The molecule has 1 atom stereocenters. The minimum atomic E-state index is -0.446. The largest absolute Gasteiger partial charge is 0.490 e. The molecule has 1 aliphatic rings. The van der Waals surface area contributed by atoms with Crippen molar-refractivity contribution >= 4 is 23.3 Å². The highest BCUT2D eigenvalue weighted by atomic mass is 32.1. The third-order valence-electron chi connectivity index (χ3n) is 4.88. The SMILES string of the molecule is CCOC(=O)C1=C(C)NC(=S)NC1c1ccc(OCc2ccc(C)cc2)c(OCC)c1. The van der Waals surface area contributed by atoms with Crippen LogP contribution in [0.1, 0.15) is 43.5 Å². The van der Waals surface area contributed by atoms with Gasteiger partial charge < -0.3 is 24.8 Å². The van der Waals surface area contributed by atoms with Crippen molar-refractivity contribution in [3.05, 3.63) is 70.4 Å². The Labute approximate surface area is 188 Å². The van der Waals surface area contributed by atoms with Crippen LogP contribution in [0.15, 0.2) is 53.7 Å². The smallest absolute Gasteiger partial charge is 0.338 e. The van der Waals surface area contributed by atoms with E-state index in [1.807, 2.05) is 44.2 Å². The minimum absolute atomic E-state index is 0.294. The Morgan fingerprint density at radius 1 is 1.00 bits per heavy atom. The lowest BCUT2D eigenvalue weighted by Gasteiger charge is -2.30. The average molecular weight is 441 g/mol. The summed E-state index contributed by atoms with van der Waals surface area (Å²) in [7, 11) is 0. The predicted octanol–water partition coefficient (Wildman–Crippen LogP) is 4.33. The lowest BCUT2D eigenvalue weighted by Crippen LogP contribution is -2.45. The summed E-state index contributed by atoms with van der Waals surface area (Å²) in [4.78, 5) is 12.6. The molecule has 6 nitrogen and oxygen atoms in total. The number of thiocarbonyl (C=S) groups is 1. The zero-order chi connectivity index (χ0) is 22.4. The lowest BCUT2D eigenvalue weighted by atomic mass is 9.95. The molecule has 3 rings (SSSR count). The molecule has 164 valence electrons. The fraction of sp³-hybridized carbons (Fsp3) is 0.333. The van der Waals surface area contributed by atoms with E-state index in [9.17, 15) is 4.79 Å². The van der Waals surface area contributed by atoms with Crippen molar-refractivity contribution in [3.63, 3.8) is 0 Å². The van der Waals surface area contributed by atoms with Crippen molar-refractivity contribution < 1.29 is 19.0 Å². The molecule has 1 unspecified atom stereocenters. The van der Waals surface area contributed by atoms with Crippen molar-refractivity contribution in [3.8, 4) is 11.5 Å². The number of hydrogen-bond acceptors (Lipinski definition) is 5. The summed E-state index contributed by atoms with van der Waals surface area (Å²) in [5, 5.41) is 6.63. The molecule has 0 aromatic heterocycles. The first-order valence-electron chi connectivity index (χ1n) is 10.3. The predicted molar refractivity (Wildman–Crippen MR) is 124 cm³/mol. The molecule has 2 N–H and O–H groups in total. The van der Waals surface area contributed by atoms with Gasteiger partial charge in [-0.15, -0.1) is 0 Å². The molecule has 0 saturated carbocycles. The van der Waals surface area contributed by atoms with Gasteiger partial charge in [-0.05, 0) is 63.2 Å². The number of hydrogen-bond donors (Lipinski definition) is 2. The molecular weight excluding hydrogens is 412 g/mol. The summed E-state index contributed by atoms with van der Waals surface area (Å²) >= 11 is 5.31. The van der Waals surface area contributed by atoms with E-state index in [0.717, 1.165) is 11.1 Å². The molecule has 0 amide bonds. The summed E-state index contributed by atoms with van der Waals surface area (Å²) in [6, 6.07) is 13.4. The second-order valence-electron chi connectivity index (χ2n) is 7.20. The first kappa shape index (κ1) is 22.6. The molecule has 0 radical (unpaired) electrons. The van der Waals surface area contributed by atoms with Crippen LogP contribution in [0.2, 0.25) is 0 Å². The van der Waals surface area contributed by atoms with Crippen molar-refractivity contribution in [1.82, 2.24) is 10.6 Å². The molecule has 1 heterocycles. The van der Waals surface area contributed by atoms with Gasteiger partial charge >= 0.3 is 5.97 Å². The quantitative estimate of drug-likeness (QED) is 0.468. The Hall–Kier alpha value is -3.06. The van der Waals surface area contributed by atoms with E-state index in [0.29, 0.717) is 47.7 Å². The number of carbonyl (C=O) groups is 1. The standard InChI is InChI=1S/C24H28N2O4S/c1-5-28-20-13-18(11-12-19(20)30-14-17-9-7-15(3)8-10-17)22-21(23(27)29-6-2)16(4)25-24(31)26-22/h7-13,22H,5-6,14H2,1-4H3,(H2,25,26,31). The van der Waals surface area contributed by atoms with E-state index in [1.165, 1.54) is 5.56 Å². The Balaban J connectivity index is 1.89. The molecule has 31 heavy (non-hydrogen) atoms. The monoisotopic (exact) mass is 440 g/mol. The van der Waals surface area contributed by atoms with Crippen LogP contribution < -0.4 is 20.1 Å². The summed E-state index contributed by atoms with van der Waals surface area (Å²) in [6.45, 7) is 8.78. The third-order valence-corrected chi connectivity index (χ3v) is 5.10. The van der Waals surface area contributed by atoms with Gasteiger partial charge in [0.05, 0.1) is 24.8 Å². The maximum absolute atomic E-state index is 12.6. The zero-order valence-corrected chi connectivity index (χ0v) is 19.1. The Bertz CT molecular complexity index is 986. The number of allylic oxidation sites excluding steroid dienone is 1. The minimum Gasteiger partial charge on any atom is -0.490 e. The van der Waals surface area contributed by atoms with Crippen LogP contribution >= 0.6 is 12.2 Å².